The smallest absolute Gasteiger partial charge is 0.335 e. The number of aromatic hydroxyl groups is 1. The van der Waals surface area contributed by atoms with Crippen LogP contribution in [0.4, 0.5) is 0 Å². The van der Waals surface area contributed by atoms with E-state index < -0.39 is 5.97 Å². The van der Waals surface area contributed by atoms with Gasteiger partial charge < -0.3 is 14.9 Å². The van der Waals surface area contributed by atoms with Gasteiger partial charge in [0, 0.05) is 10.6 Å². The Balaban J connectivity index is 2.68. The second-order valence-electron chi connectivity index (χ2n) is 3.89. The number of hydrogen-bond acceptors (Lipinski definition) is 3. The molecule has 0 heterocycles. The van der Waals surface area contributed by atoms with Crippen molar-refractivity contribution in [2.24, 2.45) is 0 Å². The number of benzene rings is 2. The van der Waals surface area contributed by atoms with Crippen molar-refractivity contribution in [1.29, 1.82) is 0 Å². The largest absolute Gasteiger partial charge is 0.504 e. The molecular formula is C14H11ClO4. The first-order valence-corrected chi connectivity index (χ1v) is 5.81. The third-order valence-corrected chi connectivity index (χ3v) is 2.91. The molecule has 0 aliphatic carbocycles. The number of rotatable bonds is 3. The standard InChI is InChI=1S/C14H11ClO4/c1-19-12-7-9(14(17)18)6-11(13(12)16)8-3-2-4-10(15)5-8/h2-7,16H,1H3,(H,17,18). The van der Waals surface area contributed by atoms with Crippen LogP contribution in [0.1, 0.15) is 10.4 Å². The van der Waals surface area contributed by atoms with Gasteiger partial charge in [-0.3, -0.25) is 0 Å². The third-order valence-electron chi connectivity index (χ3n) is 2.68. The van der Waals surface area contributed by atoms with E-state index in [0.29, 0.717) is 16.1 Å². The molecule has 4 nitrogen and oxygen atoms in total. The van der Waals surface area contributed by atoms with Gasteiger partial charge in [-0.2, -0.15) is 0 Å². The summed E-state index contributed by atoms with van der Waals surface area (Å²) in [6, 6.07) is 9.43. The Morgan fingerprint density at radius 1 is 1.26 bits per heavy atom. The van der Waals surface area contributed by atoms with E-state index in [9.17, 15) is 9.90 Å². The van der Waals surface area contributed by atoms with E-state index in [0.717, 1.165) is 0 Å². The van der Waals surface area contributed by atoms with Crippen molar-refractivity contribution in [3.05, 3.63) is 47.0 Å². The van der Waals surface area contributed by atoms with Gasteiger partial charge in [-0.25, -0.2) is 4.79 Å². The maximum absolute atomic E-state index is 11.1. The molecule has 0 aliphatic heterocycles. The van der Waals surface area contributed by atoms with Gasteiger partial charge in [0.05, 0.1) is 12.7 Å². The zero-order chi connectivity index (χ0) is 14.0. The van der Waals surface area contributed by atoms with Gasteiger partial charge in [0.15, 0.2) is 11.5 Å². The van der Waals surface area contributed by atoms with Crippen LogP contribution in [0.15, 0.2) is 36.4 Å². The molecule has 0 atom stereocenters. The summed E-state index contributed by atoms with van der Waals surface area (Å²) >= 11 is 5.89. The Hall–Kier alpha value is -2.20. The second kappa shape index (κ2) is 5.20. The fraction of sp³-hybridized carbons (Fsp3) is 0.0714. The van der Waals surface area contributed by atoms with Crippen LogP contribution in [0.3, 0.4) is 0 Å². The van der Waals surface area contributed by atoms with Gasteiger partial charge >= 0.3 is 5.97 Å². The molecule has 0 saturated carbocycles. The number of carboxylic acid groups (broad SMARTS) is 1. The number of carbonyl (C=O) groups is 1. The SMILES string of the molecule is COc1cc(C(=O)O)cc(-c2cccc(Cl)c2)c1O. The van der Waals surface area contributed by atoms with Gasteiger partial charge in [-0.15, -0.1) is 0 Å². The Morgan fingerprint density at radius 3 is 2.58 bits per heavy atom. The number of aromatic carboxylic acids is 1. The molecule has 0 saturated heterocycles. The van der Waals surface area contributed by atoms with Crippen LogP contribution < -0.4 is 4.74 Å². The molecule has 0 spiro atoms. The third kappa shape index (κ3) is 2.63. The first-order chi connectivity index (χ1) is 9.02. The molecule has 98 valence electrons. The number of methoxy groups -OCH3 is 1. The highest BCUT2D eigenvalue weighted by Gasteiger charge is 2.15. The average molecular weight is 279 g/mol. The molecule has 2 aromatic carbocycles. The van der Waals surface area contributed by atoms with E-state index in [1.54, 1.807) is 24.3 Å². The van der Waals surface area contributed by atoms with E-state index in [-0.39, 0.29) is 17.1 Å². The highest BCUT2D eigenvalue weighted by molar-refractivity contribution is 6.30. The summed E-state index contributed by atoms with van der Waals surface area (Å²) < 4.78 is 4.98. The molecular weight excluding hydrogens is 268 g/mol. The lowest BCUT2D eigenvalue weighted by atomic mass is 10.0. The van der Waals surface area contributed by atoms with Gasteiger partial charge in [0.1, 0.15) is 0 Å². The van der Waals surface area contributed by atoms with Gasteiger partial charge in [0.25, 0.3) is 0 Å². The Kier molecular flexibility index (Phi) is 3.62. The van der Waals surface area contributed by atoms with E-state index >= 15 is 0 Å². The molecule has 2 aromatic rings. The fourth-order valence-electron chi connectivity index (χ4n) is 1.76. The topological polar surface area (TPSA) is 66.8 Å². The van der Waals surface area contributed by atoms with E-state index in [4.69, 9.17) is 21.4 Å². The van der Waals surface area contributed by atoms with Crippen molar-refractivity contribution >= 4 is 17.6 Å². The first-order valence-electron chi connectivity index (χ1n) is 5.43. The summed E-state index contributed by atoms with van der Waals surface area (Å²) in [6.07, 6.45) is 0. The van der Waals surface area contributed by atoms with Crippen LogP contribution in [-0.4, -0.2) is 23.3 Å². The lowest BCUT2D eigenvalue weighted by molar-refractivity contribution is 0.0696. The summed E-state index contributed by atoms with van der Waals surface area (Å²) in [5.74, 6) is -1.11. The van der Waals surface area contributed by atoms with Crippen molar-refractivity contribution in [3.63, 3.8) is 0 Å². The number of carboxylic acids is 1. The molecule has 2 rings (SSSR count). The second-order valence-corrected chi connectivity index (χ2v) is 4.33. The molecule has 0 aromatic heterocycles. The normalized spacial score (nSPS) is 10.2. The molecule has 0 amide bonds. The van der Waals surface area contributed by atoms with Crippen LogP contribution >= 0.6 is 11.6 Å². The van der Waals surface area contributed by atoms with E-state index in [1.807, 2.05) is 0 Å². The van der Waals surface area contributed by atoms with Crippen molar-refractivity contribution in [1.82, 2.24) is 0 Å². The van der Waals surface area contributed by atoms with Crippen molar-refractivity contribution in [2.45, 2.75) is 0 Å². The highest BCUT2D eigenvalue weighted by Crippen LogP contribution is 2.38. The Bertz CT molecular complexity index is 637. The molecule has 0 bridgehead atoms. The molecule has 0 fully saturated rings. The van der Waals surface area contributed by atoms with E-state index in [2.05, 4.69) is 0 Å². The minimum Gasteiger partial charge on any atom is -0.504 e. The summed E-state index contributed by atoms with van der Waals surface area (Å²) in [7, 11) is 1.36. The van der Waals surface area contributed by atoms with Crippen LogP contribution in [-0.2, 0) is 0 Å². The fourth-order valence-corrected chi connectivity index (χ4v) is 1.95. The van der Waals surface area contributed by atoms with E-state index in [1.165, 1.54) is 19.2 Å². The predicted octanol–water partition coefficient (Wildman–Crippen LogP) is 3.42. The lowest BCUT2D eigenvalue weighted by Gasteiger charge is -2.11. The maximum Gasteiger partial charge on any atom is 0.335 e. The zero-order valence-electron chi connectivity index (χ0n) is 10.1. The Labute approximate surface area is 114 Å². The summed E-state index contributed by atoms with van der Waals surface area (Å²) in [6.45, 7) is 0. The Morgan fingerprint density at radius 2 is 2.00 bits per heavy atom. The van der Waals surface area contributed by atoms with Crippen LogP contribution in [0.25, 0.3) is 11.1 Å². The van der Waals surface area contributed by atoms with Crippen LogP contribution in [0, 0.1) is 0 Å². The van der Waals surface area contributed by atoms with Crippen molar-refractivity contribution in [2.75, 3.05) is 7.11 Å². The lowest BCUT2D eigenvalue weighted by Crippen LogP contribution is -1.98. The minimum atomic E-state index is -1.10. The molecule has 19 heavy (non-hydrogen) atoms. The predicted molar refractivity (Wildman–Crippen MR) is 72.1 cm³/mol. The molecule has 0 unspecified atom stereocenters. The number of halogens is 1. The quantitative estimate of drug-likeness (QED) is 0.903. The summed E-state index contributed by atoms with van der Waals surface area (Å²) in [5, 5.41) is 19.6. The zero-order valence-corrected chi connectivity index (χ0v) is 10.8. The minimum absolute atomic E-state index is 0.0321. The van der Waals surface area contributed by atoms with Crippen molar-refractivity contribution in [3.8, 4) is 22.6 Å². The molecule has 2 N–H and O–H groups in total. The van der Waals surface area contributed by atoms with Crippen molar-refractivity contribution < 1.29 is 19.7 Å². The number of hydrogen-bond donors (Lipinski definition) is 2. The maximum atomic E-state index is 11.1. The highest BCUT2D eigenvalue weighted by atomic mass is 35.5. The first kappa shape index (κ1) is 13.2. The number of phenols is 1. The van der Waals surface area contributed by atoms with Gasteiger partial charge in [-0.1, -0.05) is 23.7 Å². The number of ether oxygens (including phenoxy) is 1. The molecule has 0 radical (unpaired) electrons. The summed E-state index contributed by atoms with van der Waals surface area (Å²) in [5.41, 5.74) is 1.01. The van der Waals surface area contributed by atoms with Gasteiger partial charge in [-0.05, 0) is 29.8 Å². The van der Waals surface area contributed by atoms with Gasteiger partial charge in [0.2, 0.25) is 0 Å². The molecule has 0 aliphatic rings. The monoisotopic (exact) mass is 278 g/mol. The van der Waals surface area contributed by atoms with Crippen LogP contribution in [0.2, 0.25) is 5.02 Å². The molecule has 5 heteroatoms. The number of phenolic OH excluding ortho intramolecular Hbond substituents is 1. The summed E-state index contributed by atoms with van der Waals surface area (Å²) in [4.78, 5) is 11.1. The average Bonchev–Trinajstić information content (AvgIpc) is 2.38. The van der Waals surface area contributed by atoms with Crippen LogP contribution in [0.5, 0.6) is 11.5 Å².